The average molecular weight is 848 g/mol. The van der Waals surface area contributed by atoms with Crippen LogP contribution in [0.5, 0.6) is 5.75 Å². The van der Waals surface area contributed by atoms with Crippen LogP contribution in [0.15, 0.2) is 24.3 Å². The number of aldehydes is 1. The maximum atomic E-state index is 13.7. The number of rotatable bonds is 26. The van der Waals surface area contributed by atoms with E-state index in [4.69, 9.17) is 25.7 Å². The van der Waals surface area contributed by atoms with Gasteiger partial charge in [0.25, 0.3) is 0 Å². The minimum Gasteiger partial charge on any atom is -0.481 e. The number of nitrogens with one attached hydrogen (secondary N) is 6. The molecule has 6 amide bonds. The minimum absolute atomic E-state index is 0.224. The normalized spacial score (nSPS) is 14.2. The Hall–Kier alpha value is -6.01. The number of aliphatic hydroxyl groups is 1. The largest absolute Gasteiger partial charge is 0.524 e. The number of carbonyl (C=O) groups is 10. The van der Waals surface area contributed by atoms with Gasteiger partial charge >= 0.3 is 25.7 Å². The summed E-state index contributed by atoms with van der Waals surface area (Å²) in [5.74, 6) is -11.8. The van der Waals surface area contributed by atoms with Crippen molar-refractivity contribution in [2.75, 3.05) is 13.2 Å². The Kier molecular flexibility index (Phi) is 20.6. The van der Waals surface area contributed by atoms with E-state index >= 15 is 0 Å². The summed E-state index contributed by atoms with van der Waals surface area (Å²) in [6.45, 7) is 1.05. The smallest absolute Gasteiger partial charge is 0.481 e. The summed E-state index contributed by atoms with van der Waals surface area (Å²) in [4.78, 5) is 140. The Balaban J connectivity index is 3.22. The number of carboxylic acids is 3. The van der Waals surface area contributed by atoms with Crippen molar-refractivity contribution >= 4 is 67.5 Å². The molecule has 0 aliphatic carbocycles. The SMILES string of the molecule is CC(C)[C@H](NC(=O)[C@H](Cc1ccc(OP(=O)(O)O)cc1)NC(=O)[C@H](CO)NC(=O)[C@@H](N)CC(=O)O)C(=O)NCC(=O)N[C@@H](CC(=O)O)C(=O)N[C@H](C=O)CCC(=O)O. The summed E-state index contributed by atoms with van der Waals surface area (Å²) in [5.41, 5.74) is 5.76. The summed E-state index contributed by atoms with van der Waals surface area (Å²) >= 11 is 0. The molecule has 25 nitrogen and oxygen atoms in total. The van der Waals surface area contributed by atoms with Gasteiger partial charge in [0.1, 0.15) is 36.2 Å². The standard InChI is InChI=1S/C32H46N7O18P/c1-15(2)27(32(53)34-12-23(42)36-21(11-26(47)48)29(50)35-17(13-40)5-8-24(43)44)39-30(51)20(9-16-3-6-18(7-4-16)57-58(54,55)56)37-31(52)22(14-41)38-28(49)19(33)10-25(45)46/h3-4,6-7,13,15,17,19-22,27,41H,5,8-12,14,33H2,1-2H3,(H,34,53)(H,35,50)(H,36,42)(H,37,52)(H,38,49)(H,39,51)(H,43,44)(H,45,46)(H,47,48)(H2,54,55,56)/t17-,19-,20-,21-,22-,27-/m0/s1. The highest BCUT2D eigenvalue weighted by Crippen LogP contribution is 2.37. The first-order valence-electron chi connectivity index (χ1n) is 17.1. The van der Waals surface area contributed by atoms with Gasteiger partial charge in [0.05, 0.1) is 38.1 Å². The Morgan fingerprint density at radius 1 is 0.741 bits per heavy atom. The second-order valence-electron chi connectivity index (χ2n) is 12.8. The Labute approximate surface area is 329 Å². The molecule has 14 N–H and O–H groups in total. The van der Waals surface area contributed by atoms with Crippen LogP contribution >= 0.6 is 7.82 Å². The quantitative estimate of drug-likeness (QED) is 0.0307. The van der Waals surface area contributed by atoms with Crippen molar-refractivity contribution < 1.29 is 87.2 Å². The van der Waals surface area contributed by atoms with Gasteiger partial charge in [-0.05, 0) is 30.0 Å². The number of aliphatic hydroxyl groups excluding tert-OH is 1. The zero-order valence-corrected chi connectivity index (χ0v) is 31.9. The molecule has 1 rings (SSSR count). The molecule has 0 fully saturated rings. The lowest BCUT2D eigenvalue weighted by atomic mass is 10.0. The highest BCUT2D eigenvalue weighted by Gasteiger charge is 2.33. The van der Waals surface area contributed by atoms with E-state index in [0.717, 1.165) is 12.1 Å². The van der Waals surface area contributed by atoms with Crippen LogP contribution in [0.25, 0.3) is 0 Å². The number of benzene rings is 1. The van der Waals surface area contributed by atoms with Crippen molar-refractivity contribution in [2.24, 2.45) is 11.7 Å². The fourth-order valence-electron chi connectivity index (χ4n) is 4.73. The molecular weight excluding hydrogens is 801 g/mol. The number of phosphoric acid groups is 1. The van der Waals surface area contributed by atoms with Crippen molar-refractivity contribution in [1.82, 2.24) is 31.9 Å². The first-order chi connectivity index (χ1) is 27.0. The van der Waals surface area contributed by atoms with Crippen LogP contribution in [0.2, 0.25) is 0 Å². The third kappa shape index (κ3) is 19.2. The lowest BCUT2D eigenvalue weighted by molar-refractivity contribution is -0.141. The van der Waals surface area contributed by atoms with E-state index in [-0.39, 0.29) is 30.4 Å². The van der Waals surface area contributed by atoms with Crippen molar-refractivity contribution in [1.29, 1.82) is 0 Å². The third-order valence-electron chi connectivity index (χ3n) is 7.63. The van der Waals surface area contributed by atoms with Crippen LogP contribution in [0.1, 0.15) is 45.1 Å². The van der Waals surface area contributed by atoms with Gasteiger partial charge in [0.15, 0.2) is 0 Å². The number of nitrogens with two attached hydrogens (primary N) is 1. The molecular formula is C32H46N7O18P. The van der Waals surface area contributed by atoms with Crippen molar-refractivity contribution in [3.63, 3.8) is 0 Å². The van der Waals surface area contributed by atoms with Crippen molar-refractivity contribution in [2.45, 2.75) is 82.2 Å². The average Bonchev–Trinajstić information content (AvgIpc) is 3.11. The molecule has 0 saturated carbocycles. The first kappa shape index (κ1) is 50.0. The van der Waals surface area contributed by atoms with E-state index < -0.39 is 136 Å². The van der Waals surface area contributed by atoms with Gasteiger partial charge in [-0.25, -0.2) is 4.57 Å². The van der Waals surface area contributed by atoms with Crippen molar-refractivity contribution in [3.8, 4) is 5.75 Å². The number of amides is 6. The molecule has 0 heterocycles. The Morgan fingerprint density at radius 3 is 1.79 bits per heavy atom. The maximum absolute atomic E-state index is 13.7. The van der Waals surface area contributed by atoms with Gasteiger partial charge in [0, 0.05) is 12.8 Å². The summed E-state index contributed by atoms with van der Waals surface area (Å²) in [5, 5.41) is 49.9. The lowest BCUT2D eigenvalue weighted by Crippen LogP contribution is -2.60. The molecule has 1 aromatic carbocycles. The number of aliphatic carboxylic acids is 3. The van der Waals surface area contributed by atoms with Gasteiger partial charge in [-0.1, -0.05) is 26.0 Å². The molecule has 0 unspecified atom stereocenters. The second kappa shape index (κ2) is 23.9. The molecule has 1 aromatic rings. The van der Waals surface area contributed by atoms with E-state index in [1.165, 1.54) is 26.0 Å². The van der Waals surface area contributed by atoms with Crippen LogP contribution in [0.4, 0.5) is 0 Å². The number of carboxylic acid groups (broad SMARTS) is 3. The van der Waals surface area contributed by atoms with Gasteiger partial charge in [0.2, 0.25) is 35.4 Å². The molecule has 0 aromatic heterocycles. The zero-order valence-electron chi connectivity index (χ0n) is 31.0. The lowest BCUT2D eigenvalue weighted by Gasteiger charge is -2.27. The van der Waals surface area contributed by atoms with E-state index in [1.807, 2.05) is 0 Å². The van der Waals surface area contributed by atoms with E-state index in [1.54, 1.807) is 0 Å². The van der Waals surface area contributed by atoms with Gasteiger partial charge < -0.3 is 67.4 Å². The summed E-state index contributed by atoms with van der Waals surface area (Å²) in [6.07, 6.45) is -2.80. The molecule has 0 aliphatic heterocycles. The molecule has 322 valence electrons. The summed E-state index contributed by atoms with van der Waals surface area (Å²) in [6, 6.07) is -4.72. The fourth-order valence-corrected chi connectivity index (χ4v) is 5.12. The minimum atomic E-state index is -4.94. The van der Waals surface area contributed by atoms with E-state index in [0.29, 0.717) is 0 Å². The molecule has 0 saturated heterocycles. The molecule has 0 radical (unpaired) electrons. The van der Waals surface area contributed by atoms with Gasteiger partial charge in [-0.3, -0.25) is 52.9 Å². The summed E-state index contributed by atoms with van der Waals surface area (Å²) < 4.78 is 15.7. The molecule has 0 aliphatic rings. The molecule has 26 heteroatoms. The highest BCUT2D eigenvalue weighted by atomic mass is 31.2. The highest BCUT2D eigenvalue weighted by molar-refractivity contribution is 7.46. The molecule has 0 bridgehead atoms. The monoisotopic (exact) mass is 847 g/mol. The zero-order chi connectivity index (χ0) is 44.3. The maximum Gasteiger partial charge on any atom is 0.524 e. The predicted molar refractivity (Wildman–Crippen MR) is 193 cm³/mol. The van der Waals surface area contributed by atoms with Gasteiger partial charge in [-0.2, -0.15) is 0 Å². The Morgan fingerprint density at radius 2 is 1.29 bits per heavy atom. The number of hydrogen-bond donors (Lipinski definition) is 13. The fraction of sp³-hybridized carbons (Fsp3) is 0.500. The number of phosphoric ester groups is 1. The predicted octanol–water partition coefficient (Wildman–Crippen LogP) is -4.77. The topological polar surface area (TPSA) is 417 Å². The van der Waals surface area contributed by atoms with Gasteiger partial charge in [-0.15, -0.1) is 0 Å². The second-order valence-corrected chi connectivity index (χ2v) is 14.0. The van der Waals surface area contributed by atoms with Crippen molar-refractivity contribution in [3.05, 3.63) is 29.8 Å². The van der Waals surface area contributed by atoms with Crippen LogP contribution < -0.4 is 42.2 Å². The summed E-state index contributed by atoms with van der Waals surface area (Å²) in [7, 11) is -4.94. The first-order valence-corrected chi connectivity index (χ1v) is 18.6. The van der Waals surface area contributed by atoms with E-state index in [2.05, 4.69) is 36.4 Å². The molecule has 58 heavy (non-hydrogen) atoms. The van der Waals surface area contributed by atoms with Crippen LogP contribution in [0, 0.1) is 5.92 Å². The molecule has 0 spiro atoms. The molecule has 6 atom stereocenters. The number of hydrogen-bond acceptors (Lipinski definition) is 14. The van der Waals surface area contributed by atoms with E-state index in [9.17, 15) is 62.7 Å². The number of carbonyl (C=O) groups excluding carboxylic acids is 7. The van der Waals surface area contributed by atoms with Crippen LogP contribution in [-0.4, -0.2) is 139 Å². The van der Waals surface area contributed by atoms with Crippen LogP contribution in [0.3, 0.4) is 0 Å². The van der Waals surface area contributed by atoms with Crippen LogP contribution in [-0.2, 0) is 58.9 Å². The third-order valence-corrected chi connectivity index (χ3v) is 8.08. The Bertz CT molecular complexity index is 1720.